The summed E-state index contributed by atoms with van der Waals surface area (Å²) in [5.41, 5.74) is 0.176. The van der Waals surface area contributed by atoms with Gasteiger partial charge in [-0.05, 0) is 27.0 Å². The number of allylic oxidation sites excluding steroid dienone is 2. The van der Waals surface area contributed by atoms with Crippen molar-refractivity contribution in [1.29, 1.82) is 0 Å². The van der Waals surface area contributed by atoms with Crippen LogP contribution in [0.25, 0.3) is 10.8 Å². The van der Waals surface area contributed by atoms with Gasteiger partial charge in [0.05, 0.1) is 41.2 Å². The highest BCUT2D eigenvalue weighted by molar-refractivity contribution is 6.22. The summed E-state index contributed by atoms with van der Waals surface area (Å²) in [5, 5.41) is 60.9. The van der Waals surface area contributed by atoms with Gasteiger partial charge in [0.2, 0.25) is 0 Å². The number of piperazine rings is 1. The number of carbonyl (C=O) groups is 3. The Labute approximate surface area is 339 Å². The molecule has 4 aliphatic rings. The average molecular weight is 810 g/mol. The summed E-state index contributed by atoms with van der Waals surface area (Å²) in [6.45, 7) is 15.4. The lowest BCUT2D eigenvalue weighted by Gasteiger charge is -2.38. The van der Waals surface area contributed by atoms with Crippen molar-refractivity contribution in [2.24, 2.45) is 23.7 Å². The normalized spacial score (nSPS) is 30.6. The van der Waals surface area contributed by atoms with Crippen LogP contribution in [-0.2, 0) is 30.3 Å². The second kappa shape index (κ2) is 17.7. The van der Waals surface area contributed by atoms with Crippen LogP contribution in [-0.4, -0.2) is 124 Å². The molecule has 2 aromatic carbocycles. The minimum atomic E-state index is -2.01. The van der Waals surface area contributed by atoms with Crippen LogP contribution >= 0.6 is 0 Å². The Morgan fingerprint density at radius 3 is 2.21 bits per heavy atom. The molecular weight excluding hydrogens is 750 g/mol. The fraction of sp³-hybridized carbons (Fsp3) is 0.558. The Kier molecular flexibility index (Phi) is 13.5. The number of ketones is 1. The van der Waals surface area contributed by atoms with Crippen LogP contribution in [0.5, 0.6) is 23.0 Å². The number of Topliss-reactive ketones (excluding diaryl/α,β-unsaturated/α-hetero) is 1. The van der Waals surface area contributed by atoms with Gasteiger partial charge in [0.25, 0.3) is 11.7 Å². The summed E-state index contributed by atoms with van der Waals surface area (Å²) in [6, 6.07) is 0. The van der Waals surface area contributed by atoms with E-state index in [1.807, 2.05) is 11.9 Å². The highest BCUT2D eigenvalue weighted by Crippen LogP contribution is 2.55. The molecule has 0 saturated carbocycles. The van der Waals surface area contributed by atoms with E-state index in [1.54, 1.807) is 46.8 Å². The van der Waals surface area contributed by atoms with Crippen LogP contribution in [0, 0.1) is 30.6 Å². The van der Waals surface area contributed by atoms with Gasteiger partial charge in [0.1, 0.15) is 23.4 Å². The first kappa shape index (κ1) is 44.4. The van der Waals surface area contributed by atoms with Gasteiger partial charge in [-0.1, -0.05) is 45.9 Å². The first-order valence-electron chi connectivity index (χ1n) is 19.7. The number of carbonyl (C=O) groups excluding carboxylic acids is 3. The molecule has 1 fully saturated rings. The zero-order chi connectivity index (χ0) is 43.0. The van der Waals surface area contributed by atoms with E-state index in [2.05, 4.69) is 10.2 Å². The third-order valence-electron chi connectivity index (χ3n) is 12.1. The topological polar surface area (TPSA) is 208 Å². The Bertz CT molecular complexity index is 2000. The van der Waals surface area contributed by atoms with Gasteiger partial charge in [-0.3, -0.25) is 19.3 Å². The fourth-order valence-electron chi connectivity index (χ4n) is 8.17. The lowest BCUT2D eigenvalue weighted by Crippen LogP contribution is -2.46. The smallest absolute Gasteiger partial charge is 0.312 e. The molecule has 2 aromatic rings. The molecule has 4 aliphatic heterocycles. The van der Waals surface area contributed by atoms with Crippen LogP contribution in [0.2, 0.25) is 0 Å². The van der Waals surface area contributed by atoms with Crippen molar-refractivity contribution in [1.82, 2.24) is 9.80 Å². The van der Waals surface area contributed by atoms with Gasteiger partial charge >= 0.3 is 11.8 Å². The van der Waals surface area contributed by atoms with Crippen molar-refractivity contribution in [2.75, 3.05) is 45.7 Å². The Morgan fingerprint density at radius 2 is 1.59 bits per heavy atom. The molecule has 6 rings (SSSR count). The number of phenols is 3. The summed E-state index contributed by atoms with van der Waals surface area (Å²) in [6.07, 6.45) is 3.73. The maximum atomic E-state index is 14.4. The number of hydrogen-bond donors (Lipinski definition) is 6. The third kappa shape index (κ3) is 8.55. The largest absolute Gasteiger partial charge is 0.507 e. The number of nitrogens with zero attached hydrogens (tertiary/aromatic N) is 2. The number of methoxy groups -OCH3 is 1. The lowest BCUT2D eigenvalue weighted by atomic mass is 9.78. The van der Waals surface area contributed by atoms with E-state index in [-0.39, 0.29) is 51.0 Å². The number of aliphatic hydroxyl groups is 2. The molecule has 0 spiro atoms. The molecule has 0 radical (unpaired) electrons. The van der Waals surface area contributed by atoms with E-state index in [0.717, 1.165) is 13.1 Å². The predicted molar refractivity (Wildman–Crippen MR) is 217 cm³/mol. The standard InChI is InChI=1S/C43H59N3O12/c1-21-12-11-13-22(2)42(54)44-33-28(20-46-17-15-45(9)16-18-46)37(51)30-31(38(33)52)36(50)26(6)40-32(30)41(53)43(8,58-40)56-19-14-29(55-10)23(3)39(57-27(7)47)25(5)35(49)24(4)34(21)48/h11-14,19,21,23-25,29,34-35,39,48-52H,15-18,20H2,1-10H3,(H,44,54)/t21-,23+,24-,25-,29+,34-,35-,39-,43-/m0/s1. The minimum Gasteiger partial charge on any atom is -0.507 e. The summed E-state index contributed by atoms with van der Waals surface area (Å²) in [5.74, 6) is -7.86. The molecule has 9 atom stereocenters. The minimum absolute atomic E-state index is 0.0565. The molecule has 15 nitrogen and oxygen atoms in total. The van der Waals surface area contributed by atoms with Crippen molar-refractivity contribution < 1.29 is 58.9 Å². The summed E-state index contributed by atoms with van der Waals surface area (Å²) in [4.78, 5) is 44.7. The number of phenolic OH excluding ortho intramolecular Hbond substituents is 3. The monoisotopic (exact) mass is 809 g/mol. The molecular formula is C43H59N3O12. The maximum Gasteiger partial charge on any atom is 0.312 e. The van der Waals surface area contributed by atoms with Gasteiger partial charge in [-0.2, -0.15) is 0 Å². The summed E-state index contributed by atoms with van der Waals surface area (Å²) >= 11 is 0. The SMILES string of the molecule is CO[C@@H]1C=CO[C@@]2(C)Oc3c(C)c(O)c4c(O)c(c(CN5CCN(C)CC5)c(O)c4c3C2=O)NC(=O)C(C)=CC=C[C@H](C)[C@H](O)[C@H](C)[C@H](O)[C@H](C)[C@@H](OC(C)=O)[C@@H]1C. The number of esters is 1. The number of likely N-dealkylation sites (N-methyl/N-ethyl adjacent to an activating group) is 1. The van der Waals surface area contributed by atoms with Crippen LogP contribution in [0.3, 0.4) is 0 Å². The lowest BCUT2D eigenvalue weighted by molar-refractivity contribution is -0.160. The zero-order valence-electron chi connectivity index (χ0n) is 35.0. The van der Waals surface area contributed by atoms with E-state index in [0.29, 0.717) is 13.1 Å². The molecule has 58 heavy (non-hydrogen) atoms. The molecule has 1 saturated heterocycles. The van der Waals surface area contributed by atoms with Crippen molar-refractivity contribution in [3.05, 3.63) is 52.8 Å². The van der Waals surface area contributed by atoms with Crippen molar-refractivity contribution >= 4 is 34.1 Å². The van der Waals surface area contributed by atoms with Gasteiger partial charge in [0.15, 0.2) is 5.75 Å². The summed E-state index contributed by atoms with van der Waals surface area (Å²) in [7, 11) is 3.44. The molecule has 6 N–H and O–H groups in total. The van der Waals surface area contributed by atoms with E-state index >= 15 is 0 Å². The van der Waals surface area contributed by atoms with Gasteiger partial charge in [-0.25, -0.2) is 0 Å². The van der Waals surface area contributed by atoms with Crippen molar-refractivity contribution in [3.8, 4) is 23.0 Å². The number of benzene rings is 2. The molecule has 4 heterocycles. The number of anilines is 1. The van der Waals surface area contributed by atoms with Gasteiger partial charge in [-0.15, -0.1) is 0 Å². The van der Waals surface area contributed by atoms with Crippen LogP contribution in [0.1, 0.15) is 70.0 Å². The quantitative estimate of drug-likeness (QED) is 0.143. The number of nitrogens with one attached hydrogen (secondary N) is 1. The van der Waals surface area contributed by atoms with Crippen LogP contribution in [0.15, 0.2) is 36.1 Å². The highest BCUT2D eigenvalue weighted by atomic mass is 16.7. The fourth-order valence-corrected chi connectivity index (χ4v) is 8.17. The average Bonchev–Trinajstić information content (AvgIpc) is 3.45. The number of fused-ring (bicyclic) bond motifs is 14. The molecule has 1 amide bonds. The van der Waals surface area contributed by atoms with Gasteiger partial charge < -0.3 is 54.7 Å². The van der Waals surface area contributed by atoms with E-state index in [9.17, 15) is 39.9 Å². The molecule has 318 valence electrons. The molecule has 0 aliphatic carbocycles. The first-order valence-corrected chi connectivity index (χ1v) is 19.7. The van der Waals surface area contributed by atoms with Gasteiger partial charge in [0, 0.05) is 99.4 Å². The van der Waals surface area contributed by atoms with E-state index < -0.39 is 88.8 Å². The van der Waals surface area contributed by atoms with Crippen molar-refractivity contribution in [2.45, 2.75) is 92.1 Å². The number of ether oxygens (including phenoxy) is 4. The molecule has 0 aromatic heterocycles. The zero-order valence-corrected chi connectivity index (χ0v) is 35.0. The van der Waals surface area contributed by atoms with Crippen LogP contribution < -0.4 is 10.1 Å². The molecule has 15 heteroatoms. The number of amides is 1. The maximum absolute atomic E-state index is 14.4. The second-order valence-electron chi connectivity index (χ2n) is 16.3. The Morgan fingerprint density at radius 1 is 0.931 bits per heavy atom. The van der Waals surface area contributed by atoms with E-state index in [4.69, 9.17) is 18.9 Å². The summed E-state index contributed by atoms with van der Waals surface area (Å²) < 4.78 is 23.7. The number of aromatic hydroxyl groups is 3. The Balaban J connectivity index is 1.70. The van der Waals surface area contributed by atoms with Crippen LogP contribution in [0.4, 0.5) is 5.69 Å². The number of hydrogen-bond acceptors (Lipinski definition) is 14. The number of aliphatic hydroxyl groups excluding tert-OH is 2. The van der Waals surface area contributed by atoms with E-state index in [1.165, 1.54) is 46.3 Å². The highest BCUT2D eigenvalue weighted by Gasteiger charge is 2.50. The second-order valence-corrected chi connectivity index (χ2v) is 16.3. The number of rotatable bonds is 4. The molecule has 0 unspecified atom stereocenters. The molecule has 5 bridgehead atoms. The van der Waals surface area contributed by atoms with Crippen molar-refractivity contribution in [3.63, 3.8) is 0 Å². The first-order chi connectivity index (χ1) is 27.2. The predicted octanol–water partition coefficient (Wildman–Crippen LogP) is 4.50. The third-order valence-corrected chi connectivity index (χ3v) is 12.1. The Hall–Kier alpha value is -4.67.